The van der Waals surface area contributed by atoms with Crippen LogP contribution in [0.4, 0.5) is 17.6 Å². The molecule has 96 valence electrons. The summed E-state index contributed by atoms with van der Waals surface area (Å²) in [5, 5.41) is 2.19. The molecule has 0 aliphatic carbocycles. The third kappa shape index (κ3) is 4.34. The maximum Gasteiger partial charge on any atom is 0.319 e. The van der Waals surface area contributed by atoms with Crippen LogP contribution in [0.2, 0.25) is 0 Å². The highest BCUT2D eigenvalue weighted by Gasteiger charge is 2.41. The fraction of sp³-hybridized carbons (Fsp3) is 0.889. The van der Waals surface area contributed by atoms with Crippen LogP contribution in [0.5, 0.6) is 0 Å². The van der Waals surface area contributed by atoms with Crippen LogP contribution in [0, 0.1) is 5.92 Å². The average Bonchev–Trinajstić information content (AvgIpc) is 2.23. The van der Waals surface area contributed by atoms with E-state index in [1.165, 1.54) is 21.0 Å². The summed E-state index contributed by atoms with van der Waals surface area (Å²) in [6, 6.07) is -0.669. The lowest BCUT2D eigenvalue weighted by Crippen LogP contribution is -2.45. The average molecular weight is 245 g/mol. The summed E-state index contributed by atoms with van der Waals surface area (Å²) >= 11 is 0. The van der Waals surface area contributed by atoms with Crippen LogP contribution in [0.25, 0.3) is 0 Å². The number of esters is 1. The van der Waals surface area contributed by atoms with Gasteiger partial charge in [-0.1, -0.05) is 6.92 Å². The molecule has 0 saturated heterocycles. The van der Waals surface area contributed by atoms with E-state index in [4.69, 9.17) is 0 Å². The Hall–Kier alpha value is -0.850. The topological polar surface area (TPSA) is 38.3 Å². The molecule has 3 nitrogen and oxygen atoms in total. The van der Waals surface area contributed by atoms with E-state index in [0.717, 1.165) is 0 Å². The fourth-order valence-electron chi connectivity index (χ4n) is 0.941. The van der Waals surface area contributed by atoms with Crippen LogP contribution in [0.15, 0.2) is 0 Å². The molecular formula is C9H15F4NO2. The van der Waals surface area contributed by atoms with Gasteiger partial charge >= 0.3 is 18.3 Å². The maximum atomic E-state index is 12.5. The molecule has 0 aliphatic rings. The van der Waals surface area contributed by atoms with Crippen molar-refractivity contribution in [2.75, 3.05) is 13.7 Å². The molecule has 0 spiro atoms. The molecule has 1 N–H and O–H groups in total. The van der Waals surface area contributed by atoms with E-state index in [1.54, 1.807) is 0 Å². The first kappa shape index (κ1) is 15.2. The molecule has 0 aromatic heterocycles. The maximum absolute atomic E-state index is 12.5. The van der Waals surface area contributed by atoms with Gasteiger partial charge in [0.1, 0.15) is 0 Å². The lowest BCUT2D eigenvalue weighted by atomic mass is 10.0. The van der Waals surface area contributed by atoms with Gasteiger partial charge in [0.25, 0.3) is 0 Å². The Kier molecular flexibility index (Phi) is 5.71. The van der Waals surface area contributed by atoms with Crippen molar-refractivity contribution in [3.05, 3.63) is 0 Å². The number of methoxy groups -OCH3 is 1. The summed E-state index contributed by atoms with van der Waals surface area (Å²) in [6.07, 6.45) is -3.72. The number of nitrogens with one attached hydrogen (secondary N) is 1. The predicted octanol–water partition coefficient (Wildman–Crippen LogP) is 1.67. The van der Waals surface area contributed by atoms with Gasteiger partial charge in [0.15, 0.2) is 0 Å². The molecule has 0 fully saturated rings. The third-order valence-corrected chi connectivity index (χ3v) is 2.30. The van der Waals surface area contributed by atoms with Gasteiger partial charge in [-0.2, -0.15) is 8.78 Å². The van der Waals surface area contributed by atoms with Crippen molar-refractivity contribution in [1.29, 1.82) is 0 Å². The standard InChI is InChI=1S/C9H15F4NO2/c1-5(7(15)16-3)6(2)14-4-9(12,13)8(10)11/h5-6,8,14H,4H2,1-3H3. The highest BCUT2D eigenvalue weighted by molar-refractivity contribution is 5.72. The van der Waals surface area contributed by atoms with E-state index in [-0.39, 0.29) is 0 Å². The Morgan fingerprint density at radius 2 is 1.88 bits per heavy atom. The first-order valence-electron chi connectivity index (χ1n) is 4.69. The van der Waals surface area contributed by atoms with E-state index in [0.29, 0.717) is 0 Å². The Bertz CT molecular complexity index is 236. The number of carbonyl (C=O) groups is 1. The number of ether oxygens (including phenoxy) is 1. The monoisotopic (exact) mass is 245 g/mol. The Labute approximate surface area is 91.1 Å². The van der Waals surface area contributed by atoms with E-state index >= 15 is 0 Å². The van der Waals surface area contributed by atoms with Crippen LogP contribution in [-0.4, -0.2) is 38.0 Å². The summed E-state index contributed by atoms with van der Waals surface area (Å²) in [5.74, 6) is -5.36. The smallest absolute Gasteiger partial charge is 0.319 e. The molecule has 0 aliphatic heterocycles. The summed E-state index contributed by atoms with van der Waals surface area (Å²) in [7, 11) is 1.17. The van der Waals surface area contributed by atoms with Gasteiger partial charge in [-0.15, -0.1) is 0 Å². The summed E-state index contributed by atoms with van der Waals surface area (Å²) in [4.78, 5) is 11.0. The van der Waals surface area contributed by atoms with Crippen molar-refractivity contribution in [2.45, 2.75) is 32.2 Å². The second-order valence-electron chi connectivity index (χ2n) is 3.54. The van der Waals surface area contributed by atoms with Crippen LogP contribution >= 0.6 is 0 Å². The Balaban J connectivity index is 4.16. The van der Waals surface area contributed by atoms with E-state index in [1.807, 2.05) is 0 Å². The molecule has 7 heteroatoms. The zero-order chi connectivity index (χ0) is 12.9. The Morgan fingerprint density at radius 1 is 1.38 bits per heavy atom. The van der Waals surface area contributed by atoms with Crippen LogP contribution in [0.1, 0.15) is 13.8 Å². The summed E-state index contributed by atoms with van der Waals surface area (Å²) in [5.41, 5.74) is 0. The van der Waals surface area contributed by atoms with Gasteiger partial charge < -0.3 is 10.1 Å². The third-order valence-electron chi connectivity index (χ3n) is 2.30. The van der Waals surface area contributed by atoms with Gasteiger partial charge in [0, 0.05) is 6.04 Å². The molecule has 16 heavy (non-hydrogen) atoms. The molecule has 0 amide bonds. The van der Waals surface area contributed by atoms with Gasteiger partial charge in [-0.25, -0.2) is 8.78 Å². The van der Waals surface area contributed by atoms with Crippen molar-refractivity contribution >= 4 is 5.97 Å². The number of alkyl halides is 4. The van der Waals surface area contributed by atoms with Crippen LogP contribution in [-0.2, 0) is 9.53 Å². The lowest BCUT2D eigenvalue weighted by molar-refractivity contribution is -0.146. The first-order chi connectivity index (χ1) is 7.22. The molecule has 0 aromatic rings. The quantitative estimate of drug-likeness (QED) is 0.571. The minimum absolute atomic E-state index is 0.583. The van der Waals surface area contributed by atoms with E-state index in [2.05, 4.69) is 10.1 Å². The van der Waals surface area contributed by atoms with Gasteiger partial charge in [-0.3, -0.25) is 4.79 Å². The molecule has 0 heterocycles. The molecule has 2 atom stereocenters. The molecule has 0 aromatic carbocycles. The first-order valence-corrected chi connectivity index (χ1v) is 4.69. The molecule has 2 unspecified atom stereocenters. The van der Waals surface area contributed by atoms with E-state index in [9.17, 15) is 22.4 Å². The predicted molar refractivity (Wildman–Crippen MR) is 49.6 cm³/mol. The van der Waals surface area contributed by atoms with E-state index < -0.39 is 36.8 Å². The largest absolute Gasteiger partial charge is 0.469 e. The van der Waals surface area contributed by atoms with Gasteiger partial charge in [0.05, 0.1) is 19.6 Å². The number of halogens is 4. The van der Waals surface area contributed by atoms with Crippen LogP contribution in [0.3, 0.4) is 0 Å². The molecule has 0 bridgehead atoms. The van der Waals surface area contributed by atoms with Gasteiger partial charge in [0.2, 0.25) is 0 Å². The van der Waals surface area contributed by atoms with Crippen molar-refractivity contribution in [3.63, 3.8) is 0 Å². The number of hydrogen-bond acceptors (Lipinski definition) is 3. The summed E-state index contributed by atoms with van der Waals surface area (Å²) < 4.78 is 53.1. The second kappa shape index (κ2) is 6.03. The zero-order valence-electron chi connectivity index (χ0n) is 9.27. The second-order valence-corrected chi connectivity index (χ2v) is 3.54. The van der Waals surface area contributed by atoms with Crippen molar-refractivity contribution < 1.29 is 27.1 Å². The number of carbonyl (C=O) groups excluding carboxylic acids is 1. The fourth-order valence-corrected chi connectivity index (χ4v) is 0.941. The Morgan fingerprint density at radius 3 is 2.25 bits per heavy atom. The van der Waals surface area contributed by atoms with Gasteiger partial charge in [-0.05, 0) is 6.92 Å². The molecule has 0 rings (SSSR count). The molecular weight excluding hydrogens is 230 g/mol. The highest BCUT2D eigenvalue weighted by atomic mass is 19.3. The van der Waals surface area contributed by atoms with Crippen LogP contribution < -0.4 is 5.32 Å². The minimum atomic E-state index is -4.09. The number of hydrogen-bond donors (Lipinski definition) is 1. The lowest BCUT2D eigenvalue weighted by Gasteiger charge is -2.22. The van der Waals surface area contributed by atoms with Crippen molar-refractivity contribution in [2.24, 2.45) is 5.92 Å². The SMILES string of the molecule is COC(=O)C(C)C(C)NCC(F)(F)C(F)F. The minimum Gasteiger partial charge on any atom is -0.469 e. The van der Waals surface area contributed by atoms with Crippen molar-refractivity contribution in [3.8, 4) is 0 Å². The zero-order valence-corrected chi connectivity index (χ0v) is 9.27. The number of rotatable bonds is 6. The molecule has 0 saturated carbocycles. The summed E-state index contributed by atoms with van der Waals surface area (Å²) in [6.45, 7) is 1.74. The molecule has 0 radical (unpaired) electrons. The normalized spacial score (nSPS) is 16.0. The highest BCUT2D eigenvalue weighted by Crippen LogP contribution is 2.22. The van der Waals surface area contributed by atoms with Crippen molar-refractivity contribution in [1.82, 2.24) is 5.32 Å².